The number of carbonyl (C=O) groups is 1. The third kappa shape index (κ3) is 2.63. The molecule has 4 nitrogen and oxygen atoms in total. The molecule has 2 aromatic rings. The maximum atomic E-state index is 13.0. The van der Waals surface area contributed by atoms with E-state index in [0.717, 1.165) is 48.1 Å². The highest BCUT2D eigenvalue weighted by molar-refractivity contribution is 6.06. The molecule has 0 bridgehead atoms. The molecule has 0 radical (unpaired) electrons. The van der Waals surface area contributed by atoms with Crippen molar-refractivity contribution in [2.75, 3.05) is 20.1 Å². The number of hydrogen-bond donors (Lipinski definition) is 1. The maximum absolute atomic E-state index is 13.0. The lowest BCUT2D eigenvalue weighted by Crippen LogP contribution is -2.40. The van der Waals surface area contributed by atoms with E-state index in [9.17, 15) is 4.79 Å². The van der Waals surface area contributed by atoms with Gasteiger partial charge in [-0.2, -0.15) is 0 Å². The van der Waals surface area contributed by atoms with E-state index in [1.165, 1.54) is 0 Å². The van der Waals surface area contributed by atoms with Crippen LogP contribution in [0.4, 0.5) is 0 Å². The molecule has 1 fully saturated rings. The van der Waals surface area contributed by atoms with E-state index >= 15 is 0 Å². The summed E-state index contributed by atoms with van der Waals surface area (Å²) >= 11 is 0. The Morgan fingerprint density at radius 2 is 2.24 bits per heavy atom. The molecule has 4 heteroatoms. The van der Waals surface area contributed by atoms with Gasteiger partial charge in [0.15, 0.2) is 0 Å². The number of likely N-dealkylation sites (N-methyl/N-ethyl adjacent to an activating group) is 1. The van der Waals surface area contributed by atoms with Crippen molar-refractivity contribution >= 4 is 16.8 Å². The van der Waals surface area contributed by atoms with Gasteiger partial charge < -0.3 is 10.2 Å². The molecular weight excluding hydrogens is 262 g/mol. The summed E-state index contributed by atoms with van der Waals surface area (Å²) in [5.41, 5.74) is 2.56. The van der Waals surface area contributed by atoms with Crippen LogP contribution in [0.3, 0.4) is 0 Å². The summed E-state index contributed by atoms with van der Waals surface area (Å²) in [6.07, 6.45) is 2.16. The number of aryl methyl sites for hydroxylation is 1. The molecule has 1 amide bonds. The monoisotopic (exact) mass is 283 g/mol. The Balaban J connectivity index is 2.01. The predicted molar refractivity (Wildman–Crippen MR) is 84.5 cm³/mol. The van der Waals surface area contributed by atoms with Crippen molar-refractivity contribution in [3.05, 3.63) is 41.6 Å². The van der Waals surface area contributed by atoms with Crippen LogP contribution >= 0.6 is 0 Å². The number of para-hydroxylation sites is 1. The third-order valence-corrected chi connectivity index (χ3v) is 4.15. The molecule has 1 unspecified atom stereocenters. The number of nitrogens with one attached hydrogen (secondary N) is 1. The van der Waals surface area contributed by atoms with Crippen molar-refractivity contribution in [3.8, 4) is 0 Å². The third-order valence-electron chi connectivity index (χ3n) is 4.15. The van der Waals surface area contributed by atoms with Gasteiger partial charge in [-0.05, 0) is 38.9 Å². The number of fused-ring (bicyclic) bond motifs is 1. The smallest absolute Gasteiger partial charge is 0.254 e. The first-order valence-electron chi connectivity index (χ1n) is 7.52. The van der Waals surface area contributed by atoms with Crippen LogP contribution < -0.4 is 5.32 Å². The molecular formula is C17H21N3O. The summed E-state index contributed by atoms with van der Waals surface area (Å²) in [5.74, 6) is 0.134. The largest absolute Gasteiger partial charge is 0.334 e. The van der Waals surface area contributed by atoms with E-state index in [1.54, 1.807) is 0 Å². The quantitative estimate of drug-likeness (QED) is 0.940. The van der Waals surface area contributed by atoms with Crippen LogP contribution in [0.15, 0.2) is 30.3 Å². The van der Waals surface area contributed by atoms with Gasteiger partial charge in [0.05, 0.1) is 11.1 Å². The van der Waals surface area contributed by atoms with Crippen molar-refractivity contribution in [3.63, 3.8) is 0 Å². The average Bonchev–Trinajstić information content (AvgIpc) is 2.94. The van der Waals surface area contributed by atoms with Crippen LogP contribution in [0, 0.1) is 6.92 Å². The first-order valence-corrected chi connectivity index (χ1v) is 7.52. The number of likely N-dealkylation sites (tertiary alicyclic amines) is 1. The van der Waals surface area contributed by atoms with Crippen molar-refractivity contribution < 1.29 is 4.79 Å². The lowest BCUT2D eigenvalue weighted by Gasteiger charge is -2.25. The normalized spacial score (nSPS) is 18.4. The summed E-state index contributed by atoms with van der Waals surface area (Å²) < 4.78 is 0. The second kappa shape index (κ2) is 5.82. The maximum Gasteiger partial charge on any atom is 0.254 e. The number of carbonyl (C=O) groups excluding carboxylic acids is 1. The summed E-state index contributed by atoms with van der Waals surface area (Å²) in [6.45, 7) is 3.65. The Hall–Kier alpha value is -1.94. The van der Waals surface area contributed by atoms with E-state index < -0.39 is 0 Å². The highest BCUT2D eigenvalue weighted by Gasteiger charge is 2.29. The van der Waals surface area contributed by atoms with Crippen LogP contribution in [0.25, 0.3) is 10.9 Å². The topological polar surface area (TPSA) is 45.2 Å². The fraction of sp³-hybridized carbons (Fsp3) is 0.412. The van der Waals surface area contributed by atoms with Crippen LogP contribution in [0.1, 0.15) is 28.9 Å². The van der Waals surface area contributed by atoms with E-state index in [0.29, 0.717) is 6.04 Å². The minimum Gasteiger partial charge on any atom is -0.334 e. The predicted octanol–water partition coefficient (Wildman–Crippen LogP) is 2.37. The first-order chi connectivity index (χ1) is 10.2. The Labute approximate surface area is 125 Å². The average molecular weight is 283 g/mol. The molecule has 3 rings (SSSR count). The van der Waals surface area contributed by atoms with Gasteiger partial charge in [-0.15, -0.1) is 0 Å². The minimum atomic E-state index is 0.134. The molecule has 0 aliphatic carbocycles. The molecule has 0 spiro atoms. The summed E-state index contributed by atoms with van der Waals surface area (Å²) in [4.78, 5) is 19.5. The lowest BCUT2D eigenvalue weighted by atomic mass is 10.1. The number of aromatic nitrogens is 1. The second-order valence-corrected chi connectivity index (χ2v) is 5.68. The Morgan fingerprint density at radius 3 is 3.05 bits per heavy atom. The Bertz CT molecular complexity index is 668. The lowest BCUT2D eigenvalue weighted by molar-refractivity contribution is 0.0739. The highest BCUT2D eigenvalue weighted by atomic mass is 16.2. The summed E-state index contributed by atoms with van der Waals surface area (Å²) in [6, 6.07) is 10.1. The van der Waals surface area contributed by atoms with Gasteiger partial charge in [-0.1, -0.05) is 18.2 Å². The molecule has 110 valence electrons. The zero-order valence-electron chi connectivity index (χ0n) is 12.6. The molecule has 1 aromatic carbocycles. The number of nitrogens with zero attached hydrogens (tertiary/aromatic N) is 2. The number of rotatable bonds is 3. The summed E-state index contributed by atoms with van der Waals surface area (Å²) in [7, 11) is 1.94. The fourth-order valence-corrected chi connectivity index (χ4v) is 3.19. The molecule has 0 saturated carbocycles. The fourth-order valence-electron chi connectivity index (χ4n) is 3.19. The van der Waals surface area contributed by atoms with Gasteiger partial charge in [-0.25, -0.2) is 0 Å². The van der Waals surface area contributed by atoms with Crippen molar-refractivity contribution in [2.45, 2.75) is 25.8 Å². The van der Waals surface area contributed by atoms with Crippen molar-refractivity contribution in [1.82, 2.24) is 15.2 Å². The van der Waals surface area contributed by atoms with Crippen LogP contribution in [0.5, 0.6) is 0 Å². The molecule has 1 atom stereocenters. The van der Waals surface area contributed by atoms with Crippen LogP contribution in [-0.2, 0) is 0 Å². The highest BCUT2D eigenvalue weighted by Crippen LogP contribution is 2.24. The molecule has 1 aromatic heterocycles. The van der Waals surface area contributed by atoms with Crippen molar-refractivity contribution in [2.24, 2.45) is 0 Å². The standard InChI is InChI=1S/C17H21N3O/c1-12-10-15(14-7-3-4-8-16(14)19-12)17(21)20-9-5-6-13(20)11-18-2/h3-4,7-8,10,13,18H,5-6,9,11H2,1-2H3. The van der Waals surface area contributed by atoms with Crippen molar-refractivity contribution in [1.29, 1.82) is 0 Å². The number of hydrogen-bond acceptors (Lipinski definition) is 3. The van der Waals surface area contributed by atoms with Gasteiger partial charge >= 0.3 is 0 Å². The van der Waals surface area contributed by atoms with Gasteiger partial charge in [0, 0.05) is 30.2 Å². The second-order valence-electron chi connectivity index (χ2n) is 5.68. The van der Waals surface area contributed by atoms with Gasteiger partial charge in [0.2, 0.25) is 0 Å². The first kappa shape index (κ1) is 14.0. The zero-order chi connectivity index (χ0) is 14.8. The zero-order valence-corrected chi connectivity index (χ0v) is 12.6. The van der Waals surface area contributed by atoms with Gasteiger partial charge in [-0.3, -0.25) is 9.78 Å². The molecule has 1 aliphatic rings. The summed E-state index contributed by atoms with van der Waals surface area (Å²) in [5, 5.41) is 4.14. The number of pyridine rings is 1. The Kier molecular flexibility index (Phi) is 3.88. The van der Waals surface area contributed by atoms with Gasteiger partial charge in [0.25, 0.3) is 5.91 Å². The Morgan fingerprint density at radius 1 is 1.43 bits per heavy atom. The number of amides is 1. The number of benzene rings is 1. The molecule has 2 heterocycles. The van der Waals surface area contributed by atoms with E-state index in [4.69, 9.17) is 0 Å². The van der Waals surface area contributed by atoms with Gasteiger partial charge in [0.1, 0.15) is 0 Å². The molecule has 21 heavy (non-hydrogen) atoms. The molecule has 1 saturated heterocycles. The SMILES string of the molecule is CNCC1CCCN1C(=O)c1cc(C)nc2ccccc12. The van der Waals surface area contributed by atoms with Crippen LogP contribution in [0.2, 0.25) is 0 Å². The van der Waals surface area contributed by atoms with E-state index in [2.05, 4.69) is 10.3 Å². The van der Waals surface area contributed by atoms with Crippen LogP contribution in [-0.4, -0.2) is 42.0 Å². The molecule has 1 aliphatic heterocycles. The van der Waals surface area contributed by atoms with E-state index in [1.807, 2.05) is 49.2 Å². The van der Waals surface area contributed by atoms with E-state index in [-0.39, 0.29) is 5.91 Å². The molecule has 1 N–H and O–H groups in total. The minimum absolute atomic E-state index is 0.134.